The highest BCUT2D eigenvalue weighted by Gasteiger charge is 2.32. The molecule has 5 nitrogen and oxygen atoms in total. The minimum atomic E-state index is -0.538. The van der Waals surface area contributed by atoms with Crippen LogP contribution in [0.2, 0.25) is 0 Å². The summed E-state index contributed by atoms with van der Waals surface area (Å²) in [7, 11) is 0. The molecule has 0 bridgehead atoms. The van der Waals surface area contributed by atoms with Crippen molar-refractivity contribution < 1.29 is 14.3 Å². The Balaban J connectivity index is 1.72. The molecule has 2 aromatic rings. The van der Waals surface area contributed by atoms with Crippen LogP contribution >= 0.6 is 0 Å². The second kappa shape index (κ2) is 5.52. The minimum absolute atomic E-state index is 0.197. The van der Waals surface area contributed by atoms with E-state index in [1.807, 2.05) is 24.3 Å². The number of fused-ring (bicyclic) bond motifs is 1. The number of benzene rings is 1. The molecule has 1 atom stereocenters. The van der Waals surface area contributed by atoms with Crippen molar-refractivity contribution in [2.75, 3.05) is 6.54 Å². The Kier molecular flexibility index (Phi) is 3.56. The summed E-state index contributed by atoms with van der Waals surface area (Å²) < 4.78 is 4.97. The highest BCUT2D eigenvalue weighted by molar-refractivity contribution is 5.93. The predicted octanol–water partition coefficient (Wildman–Crippen LogP) is 2.53. The van der Waals surface area contributed by atoms with Crippen molar-refractivity contribution in [2.45, 2.75) is 25.9 Å². The summed E-state index contributed by atoms with van der Waals surface area (Å²) in [6.07, 6.45) is 3.66. The number of rotatable bonds is 3. The maximum atomic E-state index is 12.1. The molecule has 1 aliphatic heterocycles. The fourth-order valence-corrected chi connectivity index (χ4v) is 2.56. The monoisotopic (exact) mass is 284 g/mol. The fraction of sp³-hybridized carbons (Fsp3) is 0.312. The van der Waals surface area contributed by atoms with Crippen LogP contribution < -0.4 is 0 Å². The molecule has 0 N–H and O–H groups in total. The van der Waals surface area contributed by atoms with E-state index in [4.69, 9.17) is 4.74 Å². The third-order valence-corrected chi connectivity index (χ3v) is 3.62. The Bertz CT molecular complexity index is 693. The van der Waals surface area contributed by atoms with Gasteiger partial charge in [0.15, 0.2) is 0 Å². The Labute approximate surface area is 122 Å². The molecule has 3 rings (SSSR count). The Morgan fingerprint density at radius 3 is 2.95 bits per heavy atom. The standard InChI is InChI=1S/C16H16N2O3/c1-11-10-18(16(20)21-11)15(19)7-6-13-9-17-8-12-4-2-3-5-14(12)13/h2-5,8-9,11H,6-7,10H2,1H3/t11-/m0/s1. The number of ether oxygens (including phenoxy) is 1. The molecule has 1 aromatic carbocycles. The second-order valence-corrected chi connectivity index (χ2v) is 5.22. The van der Waals surface area contributed by atoms with Gasteiger partial charge in [-0.3, -0.25) is 9.78 Å². The lowest BCUT2D eigenvalue weighted by Crippen LogP contribution is -2.32. The van der Waals surface area contributed by atoms with Gasteiger partial charge in [-0.2, -0.15) is 0 Å². The lowest BCUT2D eigenvalue weighted by Gasteiger charge is -2.11. The van der Waals surface area contributed by atoms with Crippen molar-refractivity contribution in [1.82, 2.24) is 9.88 Å². The summed E-state index contributed by atoms with van der Waals surface area (Å²) >= 11 is 0. The molecule has 0 radical (unpaired) electrons. The smallest absolute Gasteiger partial charge is 0.416 e. The number of aryl methyl sites for hydroxylation is 1. The topological polar surface area (TPSA) is 59.5 Å². The van der Waals surface area contributed by atoms with E-state index in [1.165, 1.54) is 4.90 Å². The van der Waals surface area contributed by atoms with E-state index in [-0.39, 0.29) is 18.4 Å². The average Bonchev–Trinajstić information content (AvgIpc) is 2.83. The largest absolute Gasteiger partial charge is 0.444 e. The first-order chi connectivity index (χ1) is 10.1. The SMILES string of the molecule is C[C@H]1CN(C(=O)CCc2cncc3ccccc23)C(=O)O1. The molecular weight excluding hydrogens is 268 g/mol. The number of nitrogens with zero attached hydrogens (tertiary/aromatic N) is 2. The number of imide groups is 1. The van der Waals surface area contributed by atoms with Gasteiger partial charge in [-0.25, -0.2) is 9.69 Å². The Morgan fingerprint density at radius 1 is 1.38 bits per heavy atom. The van der Waals surface area contributed by atoms with Crippen LogP contribution in [0.1, 0.15) is 18.9 Å². The maximum Gasteiger partial charge on any atom is 0.416 e. The molecule has 2 amide bonds. The quantitative estimate of drug-likeness (QED) is 0.869. The molecule has 1 aromatic heterocycles. The summed E-state index contributed by atoms with van der Waals surface area (Å²) in [6.45, 7) is 2.12. The molecule has 0 unspecified atom stereocenters. The van der Waals surface area contributed by atoms with Gasteiger partial charge in [-0.1, -0.05) is 24.3 Å². The molecule has 0 aliphatic carbocycles. The Morgan fingerprint density at radius 2 is 2.19 bits per heavy atom. The van der Waals surface area contributed by atoms with Crippen molar-refractivity contribution >= 4 is 22.8 Å². The van der Waals surface area contributed by atoms with E-state index in [2.05, 4.69) is 4.98 Å². The number of pyridine rings is 1. The van der Waals surface area contributed by atoms with Crippen LogP contribution in [0.15, 0.2) is 36.7 Å². The van der Waals surface area contributed by atoms with Gasteiger partial charge in [0.05, 0.1) is 6.54 Å². The predicted molar refractivity (Wildman–Crippen MR) is 77.7 cm³/mol. The van der Waals surface area contributed by atoms with Crippen LogP contribution in [0.5, 0.6) is 0 Å². The van der Waals surface area contributed by atoms with E-state index >= 15 is 0 Å². The van der Waals surface area contributed by atoms with E-state index in [0.29, 0.717) is 13.0 Å². The number of aromatic nitrogens is 1. The van der Waals surface area contributed by atoms with Gasteiger partial charge < -0.3 is 4.74 Å². The zero-order valence-corrected chi connectivity index (χ0v) is 11.8. The maximum absolute atomic E-state index is 12.1. The molecule has 1 aliphatic rings. The van der Waals surface area contributed by atoms with Crippen molar-refractivity contribution in [3.63, 3.8) is 0 Å². The molecule has 21 heavy (non-hydrogen) atoms. The third-order valence-electron chi connectivity index (χ3n) is 3.62. The van der Waals surface area contributed by atoms with Crippen LogP contribution in [0.25, 0.3) is 10.8 Å². The zero-order valence-electron chi connectivity index (χ0n) is 11.8. The highest BCUT2D eigenvalue weighted by Crippen LogP contribution is 2.19. The van der Waals surface area contributed by atoms with Crippen LogP contribution in [0, 0.1) is 0 Å². The van der Waals surface area contributed by atoms with Gasteiger partial charge in [0.1, 0.15) is 6.10 Å². The Hall–Kier alpha value is -2.43. The number of hydrogen-bond acceptors (Lipinski definition) is 4. The summed E-state index contributed by atoms with van der Waals surface area (Å²) in [5.41, 5.74) is 1.02. The van der Waals surface area contributed by atoms with Crippen molar-refractivity contribution in [2.24, 2.45) is 0 Å². The van der Waals surface area contributed by atoms with Gasteiger partial charge in [0, 0.05) is 24.2 Å². The van der Waals surface area contributed by atoms with Crippen molar-refractivity contribution in [3.8, 4) is 0 Å². The first-order valence-electron chi connectivity index (χ1n) is 6.98. The average molecular weight is 284 g/mol. The number of hydrogen-bond donors (Lipinski definition) is 0. The fourth-order valence-electron chi connectivity index (χ4n) is 2.56. The van der Waals surface area contributed by atoms with Gasteiger partial charge >= 0.3 is 6.09 Å². The summed E-state index contributed by atoms with van der Waals surface area (Å²) in [5, 5.41) is 2.15. The zero-order chi connectivity index (χ0) is 14.8. The van der Waals surface area contributed by atoms with Gasteiger partial charge in [-0.15, -0.1) is 0 Å². The van der Waals surface area contributed by atoms with Gasteiger partial charge in [0.25, 0.3) is 0 Å². The minimum Gasteiger partial charge on any atom is -0.444 e. The number of carbonyl (C=O) groups is 2. The number of amides is 2. The summed E-state index contributed by atoms with van der Waals surface area (Å²) in [4.78, 5) is 29.0. The van der Waals surface area contributed by atoms with Crippen LogP contribution in [0.4, 0.5) is 4.79 Å². The first kappa shape index (κ1) is 13.5. The van der Waals surface area contributed by atoms with Gasteiger partial charge in [-0.05, 0) is 24.3 Å². The first-order valence-corrected chi connectivity index (χ1v) is 6.98. The molecule has 2 heterocycles. The normalized spacial score (nSPS) is 18.0. The van der Waals surface area contributed by atoms with Crippen LogP contribution in [-0.2, 0) is 16.0 Å². The number of cyclic esters (lactones) is 1. The molecule has 1 saturated heterocycles. The molecule has 5 heteroatoms. The van der Waals surface area contributed by atoms with Crippen molar-refractivity contribution in [3.05, 3.63) is 42.2 Å². The second-order valence-electron chi connectivity index (χ2n) is 5.22. The van der Waals surface area contributed by atoms with Crippen LogP contribution in [0.3, 0.4) is 0 Å². The molecule has 0 spiro atoms. The van der Waals surface area contributed by atoms with E-state index in [1.54, 1.807) is 19.3 Å². The summed E-state index contributed by atoms with van der Waals surface area (Å²) in [6, 6.07) is 7.93. The molecular formula is C16H16N2O3. The lowest BCUT2D eigenvalue weighted by molar-refractivity contribution is -0.127. The molecule has 1 fully saturated rings. The molecule has 0 saturated carbocycles. The summed E-state index contributed by atoms with van der Waals surface area (Å²) in [5.74, 6) is -0.197. The third kappa shape index (κ3) is 2.72. The van der Waals surface area contributed by atoms with E-state index < -0.39 is 6.09 Å². The molecule has 108 valence electrons. The lowest BCUT2D eigenvalue weighted by atomic mass is 10.0. The van der Waals surface area contributed by atoms with Crippen molar-refractivity contribution in [1.29, 1.82) is 0 Å². The van der Waals surface area contributed by atoms with E-state index in [9.17, 15) is 9.59 Å². The van der Waals surface area contributed by atoms with Gasteiger partial charge in [0.2, 0.25) is 5.91 Å². The van der Waals surface area contributed by atoms with E-state index in [0.717, 1.165) is 16.3 Å². The van der Waals surface area contributed by atoms with Crippen LogP contribution in [-0.4, -0.2) is 34.5 Å². The highest BCUT2D eigenvalue weighted by atomic mass is 16.6. The number of carbonyl (C=O) groups excluding carboxylic acids is 2.